The highest BCUT2D eigenvalue weighted by molar-refractivity contribution is 6.07. The van der Waals surface area contributed by atoms with Crippen molar-refractivity contribution in [3.63, 3.8) is 0 Å². The summed E-state index contributed by atoms with van der Waals surface area (Å²) in [5.41, 5.74) is 3.30. The molecule has 0 radical (unpaired) electrons. The average molecular weight is 427 g/mol. The van der Waals surface area contributed by atoms with Crippen molar-refractivity contribution in [1.29, 1.82) is 0 Å². The van der Waals surface area contributed by atoms with Gasteiger partial charge in [0.2, 0.25) is 5.91 Å². The molecule has 2 amide bonds. The third kappa shape index (κ3) is 4.84. The summed E-state index contributed by atoms with van der Waals surface area (Å²) in [6.07, 6.45) is 6.55. The fraction of sp³-hybridized carbons (Fsp3) is 0.130. The van der Waals surface area contributed by atoms with E-state index >= 15 is 0 Å². The van der Waals surface area contributed by atoms with Crippen LogP contribution in [0.2, 0.25) is 0 Å². The van der Waals surface area contributed by atoms with Crippen LogP contribution in [0.5, 0.6) is 0 Å². The molecule has 4 rings (SSSR count). The van der Waals surface area contributed by atoms with Crippen LogP contribution >= 0.6 is 0 Å². The molecule has 32 heavy (non-hydrogen) atoms. The molecule has 0 saturated carbocycles. The lowest BCUT2D eigenvalue weighted by Crippen LogP contribution is -2.24. The Morgan fingerprint density at radius 3 is 2.66 bits per heavy atom. The van der Waals surface area contributed by atoms with Crippen LogP contribution in [-0.4, -0.2) is 43.1 Å². The molecule has 3 aromatic heterocycles. The van der Waals surface area contributed by atoms with E-state index in [9.17, 15) is 9.59 Å². The highest BCUT2D eigenvalue weighted by atomic mass is 16.2. The van der Waals surface area contributed by atoms with Crippen LogP contribution in [0.3, 0.4) is 0 Å². The smallest absolute Gasteiger partial charge is 0.274 e. The van der Waals surface area contributed by atoms with E-state index < -0.39 is 0 Å². The fourth-order valence-corrected chi connectivity index (χ4v) is 3.27. The van der Waals surface area contributed by atoms with Gasteiger partial charge in [-0.1, -0.05) is 18.2 Å². The largest absolute Gasteiger partial charge is 0.355 e. The predicted molar refractivity (Wildman–Crippen MR) is 120 cm³/mol. The van der Waals surface area contributed by atoms with Gasteiger partial charge >= 0.3 is 0 Å². The van der Waals surface area contributed by atoms with E-state index in [0.717, 1.165) is 16.7 Å². The number of rotatable bonds is 7. The number of pyridine rings is 2. The van der Waals surface area contributed by atoms with E-state index in [2.05, 4.69) is 30.8 Å². The van der Waals surface area contributed by atoms with E-state index in [1.54, 1.807) is 37.1 Å². The zero-order valence-corrected chi connectivity index (χ0v) is 17.4. The molecule has 0 saturated heterocycles. The minimum Gasteiger partial charge on any atom is -0.355 e. The quantitative estimate of drug-likeness (QED) is 0.469. The topological polar surface area (TPSA) is 115 Å². The van der Waals surface area contributed by atoms with Crippen LogP contribution in [0.1, 0.15) is 17.4 Å². The van der Waals surface area contributed by atoms with Crippen molar-refractivity contribution in [1.82, 2.24) is 30.0 Å². The number of hydrogen-bond donors (Lipinski definition) is 2. The Morgan fingerprint density at radius 1 is 1.00 bits per heavy atom. The molecule has 0 bridgehead atoms. The van der Waals surface area contributed by atoms with Gasteiger partial charge in [0.1, 0.15) is 12.0 Å². The Kier molecular flexibility index (Phi) is 6.26. The first-order valence-electron chi connectivity index (χ1n) is 10.0. The number of aromatic nitrogens is 5. The Morgan fingerprint density at radius 2 is 1.84 bits per heavy atom. The molecular formula is C23H21N7O2. The standard InChI is InChI=1S/C23H21N7O2/c1-16(31)25-12-13-30-15-27-29-22(30)18-4-2-5-19(14-18)28-23(32)21-20(6-3-9-26-21)17-7-10-24-11-8-17/h2-11,14-15H,12-13H2,1H3,(H,25,31)(H,28,32). The van der Waals surface area contributed by atoms with Crippen molar-refractivity contribution >= 4 is 17.5 Å². The molecule has 0 fully saturated rings. The molecular weight excluding hydrogens is 406 g/mol. The van der Waals surface area contributed by atoms with Crippen molar-refractivity contribution in [2.24, 2.45) is 0 Å². The molecule has 0 aliphatic carbocycles. The summed E-state index contributed by atoms with van der Waals surface area (Å²) in [7, 11) is 0. The summed E-state index contributed by atoms with van der Waals surface area (Å²) in [4.78, 5) is 32.4. The molecule has 160 valence electrons. The predicted octanol–water partition coefficient (Wildman–Crippen LogP) is 2.79. The maximum absolute atomic E-state index is 13.0. The summed E-state index contributed by atoms with van der Waals surface area (Å²) >= 11 is 0. The van der Waals surface area contributed by atoms with Crippen molar-refractivity contribution in [2.75, 3.05) is 11.9 Å². The summed E-state index contributed by atoms with van der Waals surface area (Å²) in [5.74, 6) is 0.230. The lowest BCUT2D eigenvalue weighted by atomic mass is 10.0. The average Bonchev–Trinajstić information content (AvgIpc) is 3.28. The maximum Gasteiger partial charge on any atom is 0.274 e. The second-order valence-electron chi connectivity index (χ2n) is 7.00. The summed E-state index contributed by atoms with van der Waals surface area (Å²) < 4.78 is 1.84. The summed E-state index contributed by atoms with van der Waals surface area (Å²) in [6, 6.07) is 14.7. The zero-order valence-electron chi connectivity index (χ0n) is 17.4. The first-order valence-corrected chi connectivity index (χ1v) is 10.0. The van der Waals surface area contributed by atoms with Crippen LogP contribution in [0.15, 0.2) is 73.4 Å². The highest BCUT2D eigenvalue weighted by Gasteiger charge is 2.15. The Bertz CT molecular complexity index is 1240. The number of hydrogen-bond acceptors (Lipinski definition) is 6. The second-order valence-corrected chi connectivity index (χ2v) is 7.00. The first kappa shape index (κ1) is 20.9. The van der Waals surface area contributed by atoms with Crippen molar-refractivity contribution in [3.8, 4) is 22.5 Å². The number of amides is 2. The van der Waals surface area contributed by atoms with Gasteiger partial charge in [0.25, 0.3) is 5.91 Å². The number of nitrogens with one attached hydrogen (secondary N) is 2. The second kappa shape index (κ2) is 9.61. The minimum atomic E-state index is -0.318. The molecule has 0 atom stereocenters. The van der Waals surface area contributed by atoms with Gasteiger partial charge in [-0.2, -0.15) is 0 Å². The van der Waals surface area contributed by atoms with Gasteiger partial charge in [-0.05, 0) is 35.9 Å². The number of carbonyl (C=O) groups is 2. The molecule has 0 spiro atoms. The molecule has 3 heterocycles. The van der Waals surface area contributed by atoms with Gasteiger partial charge < -0.3 is 15.2 Å². The molecule has 9 nitrogen and oxygen atoms in total. The van der Waals surface area contributed by atoms with Gasteiger partial charge in [-0.3, -0.25) is 19.6 Å². The Labute approximate surface area is 184 Å². The lowest BCUT2D eigenvalue weighted by molar-refractivity contribution is -0.118. The number of benzene rings is 1. The van der Waals surface area contributed by atoms with Crippen LogP contribution in [0.25, 0.3) is 22.5 Å². The minimum absolute atomic E-state index is 0.0926. The van der Waals surface area contributed by atoms with Crippen molar-refractivity contribution in [3.05, 3.63) is 79.1 Å². The zero-order chi connectivity index (χ0) is 22.3. The molecule has 4 aromatic rings. The van der Waals surface area contributed by atoms with Crippen LogP contribution in [0, 0.1) is 0 Å². The number of nitrogens with zero attached hydrogens (tertiary/aromatic N) is 5. The van der Waals surface area contributed by atoms with Gasteiger partial charge in [0.05, 0.1) is 0 Å². The molecule has 2 N–H and O–H groups in total. The normalized spacial score (nSPS) is 10.5. The summed E-state index contributed by atoms with van der Waals surface area (Å²) in [5, 5.41) is 13.8. The lowest BCUT2D eigenvalue weighted by Gasteiger charge is -2.11. The molecule has 1 aromatic carbocycles. The van der Waals surface area contributed by atoms with Crippen molar-refractivity contribution in [2.45, 2.75) is 13.5 Å². The van der Waals surface area contributed by atoms with E-state index in [0.29, 0.717) is 30.3 Å². The molecule has 0 aliphatic heterocycles. The van der Waals surface area contributed by atoms with Gasteiger partial charge in [-0.15, -0.1) is 10.2 Å². The van der Waals surface area contributed by atoms with Gasteiger partial charge in [0, 0.05) is 55.4 Å². The van der Waals surface area contributed by atoms with E-state index in [4.69, 9.17) is 0 Å². The number of anilines is 1. The third-order valence-electron chi connectivity index (χ3n) is 4.73. The Hall–Kier alpha value is -4.40. The summed E-state index contributed by atoms with van der Waals surface area (Å²) in [6.45, 7) is 2.47. The Balaban J connectivity index is 1.55. The monoisotopic (exact) mass is 427 g/mol. The van der Waals surface area contributed by atoms with Gasteiger partial charge in [0.15, 0.2) is 5.82 Å². The van der Waals surface area contributed by atoms with Gasteiger partial charge in [-0.25, -0.2) is 0 Å². The SMILES string of the molecule is CC(=O)NCCn1cnnc1-c1cccc(NC(=O)c2ncccc2-c2ccncc2)c1. The van der Waals surface area contributed by atoms with Crippen LogP contribution in [-0.2, 0) is 11.3 Å². The van der Waals surface area contributed by atoms with Crippen LogP contribution in [0.4, 0.5) is 5.69 Å². The van der Waals surface area contributed by atoms with E-state index in [1.807, 2.05) is 41.0 Å². The molecule has 9 heteroatoms. The fourth-order valence-electron chi connectivity index (χ4n) is 3.27. The van der Waals surface area contributed by atoms with Crippen molar-refractivity contribution < 1.29 is 9.59 Å². The first-order chi connectivity index (χ1) is 15.6. The molecule has 0 unspecified atom stereocenters. The van der Waals surface area contributed by atoms with E-state index in [-0.39, 0.29) is 11.8 Å². The van der Waals surface area contributed by atoms with E-state index in [1.165, 1.54) is 6.92 Å². The maximum atomic E-state index is 13.0. The number of carbonyl (C=O) groups excluding carboxylic acids is 2. The highest BCUT2D eigenvalue weighted by Crippen LogP contribution is 2.24. The van der Waals surface area contributed by atoms with Crippen LogP contribution < -0.4 is 10.6 Å². The molecule has 0 aliphatic rings. The third-order valence-corrected chi connectivity index (χ3v) is 4.73.